The van der Waals surface area contributed by atoms with Crippen molar-refractivity contribution >= 4 is 16.0 Å². The van der Waals surface area contributed by atoms with Crippen molar-refractivity contribution in [3.63, 3.8) is 0 Å². The van der Waals surface area contributed by atoms with Gasteiger partial charge in [0.2, 0.25) is 5.82 Å². The second kappa shape index (κ2) is 5.56. The smallest absolute Gasteiger partial charge is 0.302 e. The van der Waals surface area contributed by atoms with Gasteiger partial charge in [0, 0.05) is 13.6 Å². The Morgan fingerprint density at radius 1 is 1.24 bits per heavy atom. The summed E-state index contributed by atoms with van der Waals surface area (Å²) in [6, 6.07) is 8.05. The Bertz CT molecular complexity index is 995. The van der Waals surface area contributed by atoms with Crippen LogP contribution in [0.5, 0.6) is 0 Å². The summed E-state index contributed by atoms with van der Waals surface area (Å²) in [6.07, 6.45) is 1.40. The molecule has 2 aliphatic rings. The topological polar surface area (TPSA) is 98.5 Å². The molecule has 0 aliphatic carbocycles. The zero-order chi connectivity index (χ0) is 17.7. The number of nitrogens with zero attached hydrogens (tertiary/aromatic N) is 5. The van der Waals surface area contributed by atoms with Gasteiger partial charge in [0.05, 0.1) is 11.4 Å². The van der Waals surface area contributed by atoms with Crippen LogP contribution >= 0.6 is 0 Å². The molecule has 0 spiro atoms. The predicted octanol–water partition coefficient (Wildman–Crippen LogP) is 0.157. The maximum atomic E-state index is 12.8. The van der Waals surface area contributed by atoms with Gasteiger partial charge in [-0.05, 0) is 12.1 Å². The first-order chi connectivity index (χ1) is 11.9. The number of aliphatic imine (C=N–C) groups is 1. The third kappa shape index (κ3) is 2.50. The molecule has 130 valence electrons. The van der Waals surface area contributed by atoms with Crippen LogP contribution in [-0.2, 0) is 21.4 Å². The summed E-state index contributed by atoms with van der Waals surface area (Å²) in [7, 11) is -0.625. The van der Waals surface area contributed by atoms with Crippen LogP contribution in [0, 0.1) is 0 Å². The monoisotopic (exact) mass is 361 g/mol. The first kappa shape index (κ1) is 16.1. The molecule has 25 heavy (non-hydrogen) atoms. The second-order valence-corrected chi connectivity index (χ2v) is 7.43. The van der Waals surface area contributed by atoms with Crippen LogP contribution in [0.3, 0.4) is 0 Å². The third-order valence-electron chi connectivity index (χ3n) is 4.27. The zero-order valence-corrected chi connectivity index (χ0v) is 14.6. The SMILES string of the molecule is Cn1ncnc1C1=NC2=C(CNC2)[N+]1(C)OS(=O)(=O)c1ccccc1. The van der Waals surface area contributed by atoms with Gasteiger partial charge in [0.25, 0.3) is 0 Å². The maximum Gasteiger partial charge on any atom is 0.343 e. The van der Waals surface area contributed by atoms with Crippen molar-refractivity contribution in [2.24, 2.45) is 12.0 Å². The minimum absolute atomic E-state index is 0.0895. The van der Waals surface area contributed by atoms with Crippen LogP contribution < -0.4 is 5.32 Å². The van der Waals surface area contributed by atoms with E-state index in [1.54, 1.807) is 37.0 Å². The highest BCUT2D eigenvalue weighted by Crippen LogP contribution is 2.35. The number of likely N-dealkylation sites (N-methyl/N-ethyl adjacent to an activating group) is 1. The molecule has 9 nitrogen and oxygen atoms in total. The van der Waals surface area contributed by atoms with Crippen molar-refractivity contribution in [1.82, 2.24) is 20.1 Å². The molecule has 1 aromatic carbocycles. The molecule has 0 saturated carbocycles. The highest BCUT2D eigenvalue weighted by atomic mass is 32.2. The Hall–Kier alpha value is -2.40. The van der Waals surface area contributed by atoms with Gasteiger partial charge in [-0.1, -0.05) is 27.1 Å². The van der Waals surface area contributed by atoms with E-state index in [9.17, 15) is 8.42 Å². The van der Waals surface area contributed by atoms with Crippen LogP contribution in [0.25, 0.3) is 0 Å². The van der Waals surface area contributed by atoms with E-state index >= 15 is 0 Å². The molecular formula is C15H17N6O3S+. The molecule has 0 amide bonds. The van der Waals surface area contributed by atoms with E-state index in [1.165, 1.54) is 18.5 Å². The molecule has 1 unspecified atom stereocenters. The summed E-state index contributed by atoms with van der Waals surface area (Å²) in [4.78, 5) is 8.87. The molecule has 0 radical (unpaired) electrons. The summed E-state index contributed by atoms with van der Waals surface area (Å²) < 4.78 is 32.4. The molecule has 1 atom stereocenters. The van der Waals surface area contributed by atoms with Crippen molar-refractivity contribution in [2.45, 2.75) is 4.90 Å². The summed E-state index contributed by atoms with van der Waals surface area (Å²) in [5.74, 6) is 0.853. The summed E-state index contributed by atoms with van der Waals surface area (Å²) >= 11 is 0. The van der Waals surface area contributed by atoms with Crippen LogP contribution in [0.2, 0.25) is 0 Å². The fourth-order valence-corrected chi connectivity index (χ4v) is 4.13. The number of hydroxylamine groups is 3. The van der Waals surface area contributed by atoms with E-state index in [2.05, 4.69) is 20.4 Å². The number of rotatable bonds is 4. The molecule has 3 heterocycles. The van der Waals surface area contributed by atoms with Gasteiger partial charge in [0.1, 0.15) is 19.1 Å². The minimum atomic E-state index is -4.01. The number of amidine groups is 1. The normalized spacial score (nSPS) is 23.0. The van der Waals surface area contributed by atoms with Crippen molar-refractivity contribution < 1.29 is 17.3 Å². The Kier molecular flexibility index (Phi) is 3.58. The molecular weight excluding hydrogens is 344 g/mol. The van der Waals surface area contributed by atoms with Gasteiger partial charge in [-0.2, -0.15) is 18.5 Å². The first-order valence-corrected chi connectivity index (χ1v) is 9.07. The lowest BCUT2D eigenvalue weighted by Gasteiger charge is -2.27. The van der Waals surface area contributed by atoms with Crippen molar-refractivity contribution in [3.8, 4) is 0 Å². The molecule has 0 saturated heterocycles. The number of benzene rings is 1. The van der Waals surface area contributed by atoms with E-state index in [1.807, 2.05) is 0 Å². The van der Waals surface area contributed by atoms with E-state index in [4.69, 9.17) is 4.28 Å². The van der Waals surface area contributed by atoms with Crippen molar-refractivity contribution in [1.29, 1.82) is 0 Å². The number of nitrogens with one attached hydrogen (secondary N) is 1. The molecule has 4 rings (SSSR count). The minimum Gasteiger partial charge on any atom is -0.302 e. The van der Waals surface area contributed by atoms with Gasteiger partial charge in [-0.15, -0.1) is 0 Å². The average Bonchev–Trinajstić information content (AvgIpc) is 3.26. The molecule has 0 bridgehead atoms. The van der Waals surface area contributed by atoms with Crippen molar-refractivity contribution in [3.05, 3.63) is 53.9 Å². The lowest BCUT2D eigenvalue weighted by atomic mass is 10.3. The van der Waals surface area contributed by atoms with Crippen LogP contribution in [0.4, 0.5) is 0 Å². The van der Waals surface area contributed by atoms with Gasteiger partial charge in [-0.3, -0.25) is 0 Å². The Morgan fingerprint density at radius 2 is 2.00 bits per heavy atom. The fraction of sp³-hybridized carbons (Fsp3) is 0.267. The molecule has 1 N–H and O–H groups in total. The lowest BCUT2D eigenvalue weighted by molar-refractivity contribution is -0.956. The van der Waals surface area contributed by atoms with E-state index in [-0.39, 0.29) is 4.90 Å². The highest BCUT2D eigenvalue weighted by Gasteiger charge is 2.52. The van der Waals surface area contributed by atoms with E-state index in [0.29, 0.717) is 24.7 Å². The fourth-order valence-electron chi connectivity index (χ4n) is 3.00. The molecule has 0 fully saturated rings. The summed E-state index contributed by atoms with van der Waals surface area (Å²) in [5.41, 5.74) is 1.52. The second-order valence-electron chi connectivity index (χ2n) is 5.91. The van der Waals surface area contributed by atoms with Crippen LogP contribution in [-0.4, -0.2) is 53.8 Å². The van der Waals surface area contributed by atoms with E-state index < -0.39 is 14.8 Å². The molecule has 1 aromatic heterocycles. The van der Waals surface area contributed by atoms with Crippen LogP contribution in [0.1, 0.15) is 5.82 Å². The largest absolute Gasteiger partial charge is 0.343 e. The average molecular weight is 361 g/mol. The Balaban J connectivity index is 1.80. The van der Waals surface area contributed by atoms with Gasteiger partial charge in [-0.25, -0.2) is 9.67 Å². The summed E-state index contributed by atoms with van der Waals surface area (Å²) in [5, 5.41) is 7.22. The first-order valence-electron chi connectivity index (χ1n) is 7.66. The molecule has 2 aliphatic heterocycles. The number of quaternary nitrogens is 1. The van der Waals surface area contributed by atoms with E-state index in [0.717, 1.165) is 11.4 Å². The number of hydrogen-bond acceptors (Lipinski definition) is 7. The molecule has 2 aromatic rings. The Labute approximate surface area is 144 Å². The quantitative estimate of drug-likeness (QED) is 0.779. The number of hydrogen-bond donors (Lipinski definition) is 1. The van der Waals surface area contributed by atoms with Gasteiger partial charge >= 0.3 is 16.0 Å². The number of aryl methyl sites for hydroxylation is 1. The molecule has 10 heteroatoms. The third-order valence-corrected chi connectivity index (χ3v) is 5.61. The lowest BCUT2D eigenvalue weighted by Crippen LogP contribution is -2.50. The maximum absolute atomic E-state index is 12.8. The van der Waals surface area contributed by atoms with Gasteiger partial charge < -0.3 is 5.32 Å². The van der Waals surface area contributed by atoms with Gasteiger partial charge in [0.15, 0.2) is 5.70 Å². The predicted molar refractivity (Wildman–Crippen MR) is 88.3 cm³/mol. The Morgan fingerprint density at radius 3 is 2.68 bits per heavy atom. The zero-order valence-electron chi connectivity index (χ0n) is 13.7. The highest BCUT2D eigenvalue weighted by molar-refractivity contribution is 7.86. The summed E-state index contributed by atoms with van der Waals surface area (Å²) in [6.45, 7) is 1.04. The number of aromatic nitrogens is 3. The van der Waals surface area contributed by atoms with Crippen molar-refractivity contribution in [2.75, 3.05) is 20.1 Å². The van der Waals surface area contributed by atoms with Crippen LogP contribution in [0.15, 0.2) is 57.9 Å². The standard InChI is InChI=1S/C15H17N6O3S/c1-20-14(17-10-18-20)15-19-12-8-16-9-13(12)21(15,2)24-25(22,23)11-6-4-3-5-7-11/h3-7,10,16H,8-9H2,1-2H3/q+1.